The molecule has 0 bridgehead atoms. The molecule has 0 saturated carbocycles. The van der Waals surface area contributed by atoms with Crippen LogP contribution in [0, 0.1) is 0 Å². The SMILES string of the molecule is O=C(Nc1ccc(S(=O)(=O)NCC(F)(F)F)cc1)c1cccc2ccccc12. The number of hydrogen-bond donors (Lipinski definition) is 2. The van der Waals surface area contributed by atoms with Gasteiger partial charge in [0.1, 0.15) is 6.54 Å². The maximum absolute atomic E-state index is 12.6. The topological polar surface area (TPSA) is 75.3 Å². The summed E-state index contributed by atoms with van der Waals surface area (Å²) in [6.45, 7) is -1.66. The zero-order valence-corrected chi connectivity index (χ0v) is 15.1. The highest BCUT2D eigenvalue weighted by atomic mass is 32.2. The zero-order chi connectivity index (χ0) is 20.4. The Kier molecular flexibility index (Phi) is 5.39. The number of alkyl halides is 3. The number of fused-ring (bicyclic) bond motifs is 1. The van der Waals surface area contributed by atoms with Gasteiger partial charge in [-0.3, -0.25) is 4.79 Å². The quantitative estimate of drug-likeness (QED) is 0.672. The lowest BCUT2D eigenvalue weighted by molar-refractivity contribution is -0.121. The van der Waals surface area contributed by atoms with Crippen LogP contribution in [-0.4, -0.2) is 27.0 Å². The summed E-state index contributed by atoms with van der Waals surface area (Å²) in [6.07, 6.45) is -4.65. The largest absolute Gasteiger partial charge is 0.402 e. The highest BCUT2D eigenvalue weighted by Crippen LogP contribution is 2.21. The fourth-order valence-corrected chi connectivity index (χ4v) is 3.61. The Hall–Kier alpha value is -2.91. The average molecular weight is 408 g/mol. The van der Waals surface area contributed by atoms with Gasteiger partial charge in [-0.15, -0.1) is 0 Å². The number of halogens is 3. The molecule has 0 heterocycles. The van der Waals surface area contributed by atoms with Crippen LogP contribution in [0.25, 0.3) is 10.8 Å². The van der Waals surface area contributed by atoms with Gasteiger partial charge in [0.15, 0.2) is 0 Å². The van der Waals surface area contributed by atoms with Crippen LogP contribution < -0.4 is 10.0 Å². The lowest BCUT2D eigenvalue weighted by atomic mass is 10.0. The van der Waals surface area contributed by atoms with E-state index in [0.29, 0.717) is 11.3 Å². The number of rotatable bonds is 5. The molecule has 0 atom stereocenters. The van der Waals surface area contributed by atoms with Crippen LogP contribution in [0.2, 0.25) is 0 Å². The second-order valence-corrected chi connectivity index (χ2v) is 7.71. The number of amides is 1. The molecule has 3 aromatic carbocycles. The average Bonchev–Trinajstić information content (AvgIpc) is 2.66. The van der Waals surface area contributed by atoms with Gasteiger partial charge in [0.05, 0.1) is 4.90 Å². The molecule has 0 radical (unpaired) electrons. The van der Waals surface area contributed by atoms with E-state index < -0.39 is 22.7 Å². The maximum atomic E-state index is 12.6. The number of nitrogens with one attached hydrogen (secondary N) is 2. The Morgan fingerprint density at radius 2 is 1.54 bits per heavy atom. The molecule has 3 rings (SSSR count). The Balaban J connectivity index is 1.76. The van der Waals surface area contributed by atoms with Crippen molar-refractivity contribution in [1.29, 1.82) is 0 Å². The molecule has 0 fully saturated rings. The molecule has 0 saturated heterocycles. The minimum atomic E-state index is -4.65. The molecule has 9 heteroatoms. The number of hydrogen-bond acceptors (Lipinski definition) is 3. The van der Waals surface area contributed by atoms with Gasteiger partial charge in [-0.25, -0.2) is 13.1 Å². The summed E-state index contributed by atoms with van der Waals surface area (Å²) in [6, 6.07) is 17.5. The lowest BCUT2D eigenvalue weighted by Crippen LogP contribution is -2.33. The van der Waals surface area contributed by atoms with Crippen LogP contribution in [0.5, 0.6) is 0 Å². The molecule has 28 heavy (non-hydrogen) atoms. The van der Waals surface area contributed by atoms with Gasteiger partial charge >= 0.3 is 6.18 Å². The van der Waals surface area contributed by atoms with Crippen LogP contribution in [0.1, 0.15) is 10.4 Å². The first-order valence-electron chi connectivity index (χ1n) is 8.11. The highest BCUT2D eigenvalue weighted by molar-refractivity contribution is 7.89. The fourth-order valence-electron chi connectivity index (χ4n) is 2.60. The Morgan fingerprint density at radius 1 is 0.893 bits per heavy atom. The molecule has 2 N–H and O–H groups in total. The molecule has 0 aromatic heterocycles. The molecule has 146 valence electrons. The zero-order valence-electron chi connectivity index (χ0n) is 14.3. The minimum Gasteiger partial charge on any atom is -0.322 e. The molecule has 1 amide bonds. The van der Waals surface area contributed by atoms with E-state index in [0.717, 1.165) is 22.9 Å². The number of benzene rings is 3. The maximum Gasteiger partial charge on any atom is 0.402 e. The second-order valence-electron chi connectivity index (χ2n) is 5.94. The van der Waals surface area contributed by atoms with E-state index in [1.165, 1.54) is 16.9 Å². The van der Waals surface area contributed by atoms with Gasteiger partial charge in [0.25, 0.3) is 5.91 Å². The van der Waals surface area contributed by atoms with E-state index in [4.69, 9.17) is 0 Å². The summed E-state index contributed by atoms with van der Waals surface area (Å²) in [4.78, 5) is 12.2. The summed E-state index contributed by atoms with van der Waals surface area (Å²) in [7, 11) is -4.30. The van der Waals surface area contributed by atoms with E-state index in [1.807, 2.05) is 30.3 Å². The molecule has 0 spiro atoms. The van der Waals surface area contributed by atoms with E-state index in [1.54, 1.807) is 12.1 Å². The smallest absolute Gasteiger partial charge is 0.322 e. The van der Waals surface area contributed by atoms with Crippen LogP contribution >= 0.6 is 0 Å². The van der Waals surface area contributed by atoms with Crippen molar-refractivity contribution in [2.45, 2.75) is 11.1 Å². The van der Waals surface area contributed by atoms with E-state index in [-0.39, 0.29) is 10.8 Å². The fraction of sp³-hybridized carbons (Fsp3) is 0.105. The Labute approximate surface area is 159 Å². The van der Waals surface area contributed by atoms with Crippen molar-refractivity contribution < 1.29 is 26.4 Å². The predicted molar refractivity (Wildman–Crippen MR) is 99.6 cm³/mol. The summed E-state index contributed by atoms with van der Waals surface area (Å²) in [5.41, 5.74) is 0.759. The van der Waals surface area contributed by atoms with Crippen LogP contribution in [0.15, 0.2) is 71.6 Å². The summed E-state index contributed by atoms with van der Waals surface area (Å²) < 4.78 is 61.9. The number of carbonyl (C=O) groups is 1. The molecule has 0 unspecified atom stereocenters. The van der Waals surface area contributed by atoms with Crippen molar-refractivity contribution in [1.82, 2.24) is 4.72 Å². The number of anilines is 1. The first-order valence-corrected chi connectivity index (χ1v) is 9.60. The van der Waals surface area contributed by atoms with Crippen LogP contribution in [0.3, 0.4) is 0 Å². The molecule has 0 aliphatic heterocycles. The molecule has 5 nitrogen and oxygen atoms in total. The van der Waals surface area contributed by atoms with Gasteiger partial charge in [-0.2, -0.15) is 13.2 Å². The third-order valence-electron chi connectivity index (χ3n) is 3.92. The van der Waals surface area contributed by atoms with E-state index >= 15 is 0 Å². The molecule has 3 aromatic rings. The van der Waals surface area contributed by atoms with Gasteiger partial charge in [-0.05, 0) is 41.1 Å². The Morgan fingerprint density at radius 3 is 2.21 bits per heavy atom. The van der Waals surface area contributed by atoms with Gasteiger partial charge in [-0.1, -0.05) is 36.4 Å². The first kappa shape index (κ1) is 19.8. The number of carbonyl (C=O) groups excluding carboxylic acids is 1. The van der Waals surface area contributed by atoms with Crippen LogP contribution in [0.4, 0.5) is 18.9 Å². The standard InChI is InChI=1S/C19H15F3N2O3S/c20-19(21,22)12-23-28(26,27)15-10-8-14(9-11-15)24-18(25)17-7-3-5-13-4-1-2-6-16(13)17/h1-11,23H,12H2,(H,24,25). The third kappa shape index (κ3) is 4.68. The van der Waals surface area contributed by atoms with Gasteiger partial charge < -0.3 is 5.32 Å². The minimum absolute atomic E-state index is 0.313. The summed E-state index contributed by atoms with van der Waals surface area (Å²) in [5.74, 6) is -0.386. The van der Waals surface area contributed by atoms with Crippen molar-refractivity contribution in [2.75, 3.05) is 11.9 Å². The van der Waals surface area contributed by atoms with Crippen molar-refractivity contribution >= 4 is 32.4 Å². The van der Waals surface area contributed by atoms with Gasteiger partial charge in [0.2, 0.25) is 10.0 Å². The monoisotopic (exact) mass is 408 g/mol. The summed E-state index contributed by atoms with van der Waals surface area (Å²) in [5, 5.41) is 4.31. The summed E-state index contributed by atoms with van der Waals surface area (Å²) >= 11 is 0. The lowest BCUT2D eigenvalue weighted by Gasteiger charge is -2.11. The molecule has 0 aliphatic rings. The normalized spacial score (nSPS) is 12.1. The second kappa shape index (κ2) is 7.61. The molecular formula is C19H15F3N2O3S. The van der Waals surface area contributed by atoms with Crippen LogP contribution in [-0.2, 0) is 10.0 Å². The first-order chi connectivity index (χ1) is 13.2. The number of sulfonamides is 1. The molecule has 0 aliphatic carbocycles. The van der Waals surface area contributed by atoms with E-state index in [9.17, 15) is 26.4 Å². The highest BCUT2D eigenvalue weighted by Gasteiger charge is 2.30. The van der Waals surface area contributed by atoms with Crippen molar-refractivity contribution in [3.8, 4) is 0 Å². The predicted octanol–water partition coefficient (Wildman–Crippen LogP) is 3.93. The van der Waals surface area contributed by atoms with Crippen molar-refractivity contribution in [3.63, 3.8) is 0 Å². The molecular weight excluding hydrogens is 393 g/mol. The van der Waals surface area contributed by atoms with Crippen molar-refractivity contribution in [2.24, 2.45) is 0 Å². The third-order valence-corrected chi connectivity index (χ3v) is 5.34. The Bertz CT molecular complexity index is 1110. The van der Waals surface area contributed by atoms with E-state index in [2.05, 4.69) is 5.32 Å². The van der Waals surface area contributed by atoms with Gasteiger partial charge in [0, 0.05) is 11.3 Å². The van der Waals surface area contributed by atoms with Crippen molar-refractivity contribution in [3.05, 3.63) is 72.3 Å².